The molecular formula is C28H28N6O2. The van der Waals surface area contributed by atoms with Gasteiger partial charge >= 0.3 is 0 Å². The first-order valence-electron chi connectivity index (χ1n) is 12.2. The lowest BCUT2D eigenvalue weighted by atomic mass is 10.1. The molecule has 2 heterocycles. The zero-order valence-electron chi connectivity index (χ0n) is 19.9. The summed E-state index contributed by atoms with van der Waals surface area (Å²) in [4.78, 5) is 15.8. The Morgan fingerprint density at radius 1 is 0.833 bits per heavy atom. The highest BCUT2D eigenvalue weighted by Crippen LogP contribution is 2.33. The molecule has 3 N–H and O–H groups in total. The topological polar surface area (TPSA) is 105 Å². The molecular weight excluding hydrogens is 452 g/mol. The van der Waals surface area contributed by atoms with Crippen LogP contribution in [0.4, 0.5) is 11.4 Å². The number of aromatic nitrogens is 4. The summed E-state index contributed by atoms with van der Waals surface area (Å²) in [6.45, 7) is 0.779. The van der Waals surface area contributed by atoms with Crippen molar-refractivity contribution in [1.29, 1.82) is 0 Å². The zero-order chi connectivity index (χ0) is 24.7. The Morgan fingerprint density at radius 3 is 2.19 bits per heavy atom. The number of hydrogen-bond acceptors (Lipinski definition) is 6. The van der Waals surface area contributed by atoms with E-state index in [0.29, 0.717) is 6.42 Å². The van der Waals surface area contributed by atoms with Gasteiger partial charge in [0, 0.05) is 35.0 Å². The van der Waals surface area contributed by atoms with Gasteiger partial charge in [-0.15, -0.1) is 5.10 Å². The van der Waals surface area contributed by atoms with E-state index in [0.717, 1.165) is 76.7 Å². The van der Waals surface area contributed by atoms with Crippen molar-refractivity contribution in [3.05, 3.63) is 79.0 Å². The van der Waals surface area contributed by atoms with E-state index in [9.17, 15) is 4.79 Å². The normalized spacial score (nSPS) is 11.1. The van der Waals surface area contributed by atoms with Gasteiger partial charge in [0.1, 0.15) is 5.69 Å². The number of unbranched alkanes of at least 4 members (excludes halogenated alkanes) is 3. The van der Waals surface area contributed by atoms with Crippen molar-refractivity contribution < 1.29 is 10.0 Å². The van der Waals surface area contributed by atoms with E-state index >= 15 is 0 Å². The summed E-state index contributed by atoms with van der Waals surface area (Å²) >= 11 is 0. The van der Waals surface area contributed by atoms with Gasteiger partial charge in [-0.1, -0.05) is 66.6 Å². The summed E-state index contributed by atoms with van der Waals surface area (Å²) in [5, 5.41) is 22.9. The van der Waals surface area contributed by atoms with Gasteiger partial charge in [0.15, 0.2) is 0 Å². The van der Waals surface area contributed by atoms with E-state index in [1.807, 2.05) is 47.3 Å². The average Bonchev–Trinajstić information content (AvgIpc) is 3.39. The van der Waals surface area contributed by atoms with Crippen LogP contribution in [0, 0.1) is 0 Å². The molecule has 5 aromatic rings. The van der Waals surface area contributed by atoms with Gasteiger partial charge in [-0.05, 0) is 37.1 Å². The Morgan fingerprint density at radius 2 is 1.50 bits per heavy atom. The van der Waals surface area contributed by atoms with Crippen molar-refractivity contribution in [2.75, 3.05) is 5.32 Å². The van der Waals surface area contributed by atoms with Crippen LogP contribution >= 0.6 is 0 Å². The molecule has 182 valence electrons. The van der Waals surface area contributed by atoms with Crippen LogP contribution in [0.15, 0.2) is 79.0 Å². The van der Waals surface area contributed by atoms with Crippen LogP contribution in [0.25, 0.3) is 33.1 Å². The van der Waals surface area contributed by atoms with Gasteiger partial charge in [-0.3, -0.25) is 14.7 Å². The van der Waals surface area contributed by atoms with Crippen molar-refractivity contribution in [2.45, 2.75) is 38.6 Å². The maximum absolute atomic E-state index is 11.0. The Balaban J connectivity index is 1.24. The Hall–Kier alpha value is -4.30. The lowest BCUT2D eigenvalue weighted by Gasteiger charge is -2.13. The molecule has 0 aliphatic heterocycles. The molecule has 0 radical (unpaired) electrons. The predicted molar refractivity (Wildman–Crippen MR) is 141 cm³/mol. The quantitative estimate of drug-likeness (QED) is 0.100. The average molecular weight is 481 g/mol. The Bertz CT molecular complexity index is 1420. The number of hydrogen-bond donors (Lipinski definition) is 3. The number of amides is 1. The fourth-order valence-corrected chi connectivity index (χ4v) is 4.35. The van der Waals surface area contributed by atoms with E-state index < -0.39 is 0 Å². The van der Waals surface area contributed by atoms with E-state index in [1.165, 1.54) is 0 Å². The molecule has 0 saturated heterocycles. The number of para-hydroxylation sites is 2. The van der Waals surface area contributed by atoms with Crippen molar-refractivity contribution >= 4 is 39.1 Å². The Kier molecular flexibility index (Phi) is 7.14. The maximum atomic E-state index is 11.0. The number of benzene rings is 3. The number of pyridine rings is 1. The molecule has 0 atom stereocenters. The first kappa shape index (κ1) is 23.4. The second-order valence-electron chi connectivity index (χ2n) is 8.79. The first-order valence-corrected chi connectivity index (χ1v) is 12.2. The molecule has 8 heteroatoms. The van der Waals surface area contributed by atoms with Crippen LogP contribution < -0.4 is 10.8 Å². The van der Waals surface area contributed by atoms with Gasteiger partial charge in [-0.25, -0.2) is 10.5 Å². The van der Waals surface area contributed by atoms with Crippen molar-refractivity contribution in [1.82, 2.24) is 25.5 Å². The van der Waals surface area contributed by atoms with E-state index in [1.54, 1.807) is 5.48 Å². The summed E-state index contributed by atoms with van der Waals surface area (Å²) in [6, 6.07) is 24.6. The molecule has 8 nitrogen and oxygen atoms in total. The molecule has 3 aromatic carbocycles. The number of rotatable bonds is 10. The molecule has 0 aliphatic rings. The molecule has 0 bridgehead atoms. The van der Waals surface area contributed by atoms with E-state index in [4.69, 9.17) is 10.2 Å². The fraction of sp³-hybridized carbons (Fsp3) is 0.214. The van der Waals surface area contributed by atoms with Crippen LogP contribution in [0.2, 0.25) is 0 Å². The van der Waals surface area contributed by atoms with Crippen LogP contribution in [0.1, 0.15) is 32.1 Å². The van der Waals surface area contributed by atoms with Gasteiger partial charge in [-0.2, -0.15) is 0 Å². The molecule has 36 heavy (non-hydrogen) atoms. The lowest BCUT2D eigenvalue weighted by Crippen LogP contribution is -2.17. The molecule has 0 fully saturated rings. The van der Waals surface area contributed by atoms with Gasteiger partial charge < -0.3 is 5.32 Å². The highest BCUT2D eigenvalue weighted by atomic mass is 16.5. The summed E-state index contributed by atoms with van der Waals surface area (Å²) in [7, 11) is 0. The molecule has 0 unspecified atom stereocenters. The second-order valence-corrected chi connectivity index (χ2v) is 8.79. The van der Waals surface area contributed by atoms with E-state index in [2.05, 4.69) is 52.0 Å². The number of carbonyl (C=O) groups excluding carboxylic acids is 1. The number of fused-ring (bicyclic) bond motifs is 2. The molecule has 2 aromatic heterocycles. The van der Waals surface area contributed by atoms with Crippen molar-refractivity contribution in [3.63, 3.8) is 0 Å². The fourth-order valence-electron chi connectivity index (χ4n) is 4.35. The van der Waals surface area contributed by atoms with E-state index in [-0.39, 0.29) is 5.91 Å². The monoisotopic (exact) mass is 480 g/mol. The van der Waals surface area contributed by atoms with Crippen LogP contribution in [-0.4, -0.2) is 31.1 Å². The number of anilines is 2. The van der Waals surface area contributed by atoms with Gasteiger partial charge in [0.2, 0.25) is 5.91 Å². The lowest BCUT2D eigenvalue weighted by molar-refractivity contribution is -0.129. The molecule has 1 amide bonds. The summed E-state index contributed by atoms with van der Waals surface area (Å²) < 4.78 is 1.86. The zero-order valence-corrected chi connectivity index (χ0v) is 19.9. The van der Waals surface area contributed by atoms with Gasteiger partial charge in [0.05, 0.1) is 22.9 Å². The number of nitrogens with one attached hydrogen (secondary N) is 2. The predicted octanol–water partition coefficient (Wildman–Crippen LogP) is 5.85. The minimum Gasteiger partial charge on any atom is -0.354 e. The van der Waals surface area contributed by atoms with Crippen molar-refractivity contribution in [3.8, 4) is 11.3 Å². The Labute approximate surface area is 208 Å². The van der Waals surface area contributed by atoms with Crippen LogP contribution in [-0.2, 0) is 11.3 Å². The third-order valence-corrected chi connectivity index (χ3v) is 6.24. The molecule has 0 saturated carbocycles. The molecule has 5 rings (SSSR count). The number of hydroxylamine groups is 1. The van der Waals surface area contributed by atoms with Gasteiger partial charge in [0.25, 0.3) is 0 Å². The minimum absolute atomic E-state index is 0.334. The molecule has 0 aliphatic carbocycles. The smallest absolute Gasteiger partial charge is 0.243 e. The SMILES string of the molecule is O=C(CCCCCCn1cc(-c2ccc(Nc3c4ccccc4nc4ccccc34)cc2)nn1)NO. The minimum atomic E-state index is -0.334. The standard InChI is InChI=1S/C28H28N6O2/c35-27(32-36)13-3-1-2-8-18-34-19-26(31-33-34)20-14-16-21(17-15-20)29-28-22-9-4-6-11-24(22)30-25-12-7-5-10-23(25)28/h4-7,9-12,14-17,19,36H,1-3,8,13,18H2,(H,29,30)(H,32,35). The summed E-state index contributed by atoms with van der Waals surface area (Å²) in [5.74, 6) is -0.334. The summed E-state index contributed by atoms with van der Waals surface area (Å²) in [5.41, 5.74) is 7.46. The maximum Gasteiger partial charge on any atom is 0.243 e. The third kappa shape index (κ3) is 5.34. The molecule has 0 spiro atoms. The van der Waals surface area contributed by atoms with Crippen LogP contribution in [0.5, 0.6) is 0 Å². The number of carbonyl (C=O) groups is 1. The second kappa shape index (κ2) is 11.0. The van der Waals surface area contributed by atoms with Crippen molar-refractivity contribution in [2.24, 2.45) is 0 Å². The number of aryl methyl sites for hydroxylation is 1. The van der Waals surface area contributed by atoms with Crippen LogP contribution in [0.3, 0.4) is 0 Å². The summed E-state index contributed by atoms with van der Waals surface area (Å²) in [6.07, 6.45) is 5.97. The first-order chi connectivity index (χ1) is 17.7. The largest absolute Gasteiger partial charge is 0.354 e. The third-order valence-electron chi connectivity index (χ3n) is 6.24. The highest BCUT2D eigenvalue weighted by molar-refractivity contribution is 6.08. The number of nitrogens with zero attached hydrogens (tertiary/aromatic N) is 4. The highest BCUT2D eigenvalue weighted by Gasteiger charge is 2.10.